The van der Waals surface area contributed by atoms with Gasteiger partial charge in [-0.05, 0) is 30.0 Å². The molecule has 0 fully saturated rings. The smallest absolute Gasteiger partial charge is 0.169 e. The second-order valence-electron chi connectivity index (χ2n) is 6.10. The zero-order valence-corrected chi connectivity index (χ0v) is 13.8. The van der Waals surface area contributed by atoms with E-state index in [1.165, 1.54) is 0 Å². The van der Waals surface area contributed by atoms with E-state index in [1.54, 1.807) is 0 Å². The minimum Gasteiger partial charge on any atom is -0.367 e. The van der Waals surface area contributed by atoms with Gasteiger partial charge in [-0.2, -0.15) is 0 Å². The topological polar surface area (TPSA) is 49.8 Å². The summed E-state index contributed by atoms with van der Waals surface area (Å²) in [7, 11) is 0. The largest absolute Gasteiger partial charge is 0.367 e. The number of nitrogens with zero attached hydrogens (tertiary/aromatic N) is 2. The molecule has 0 aliphatic carbocycles. The lowest BCUT2D eigenvalue weighted by molar-refractivity contribution is 0.681. The maximum atomic E-state index is 6.04. The van der Waals surface area contributed by atoms with Crippen molar-refractivity contribution >= 4 is 34.3 Å². The Bertz CT molecular complexity index is 610. The number of anilines is 2. The average molecular weight is 307 g/mol. The maximum Gasteiger partial charge on any atom is 0.169 e. The van der Waals surface area contributed by atoms with Crippen LogP contribution in [-0.4, -0.2) is 23.1 Å². The number of aromatic nitrogens is 2. The number of fused-ring (bicyclic) bond motifs is 1. The van der Waals surface area contributed by atoms with Crippen molar-refractivity contribution in [2.45, 2.75) is 27.7 Å². The maximum absolute atomic E-state index is 6.04. The highest BCUT2D eigenvalue weighted by atomic mass is 35.5. The molecule has 1 aromatic carbocycles. The van der Waals surface area contributed by atoms with E-state index in [0.717, 1.165) is 35.8 Å². The molecule has 4 nitrogen and oxygen atoms in total. The van der Waals surface area contributed by atoms with Crippen LogP contribution in [0, 0.1) is 11.8 Å². The number of hydrogen-bond acceptors (Lipinski definition) is 4. The van der Waals surface area contributed by atoms with Crippen molar-refractivity contribution in [3.63, 3.8) is 0 Å². The van der Waals surface area contributed by atoms with Crippen LogP contribution >= 0.6 is 11.6 Å². The Morgan fingerprint density at radius 2 is 1.43 bits per heavy atom. The summed E-state index contributed by atoms with van der Waals surface area (Å²) in [6.07, 6.45) is 0. The summed E-state index contributed by atoms with van der Waals surface area (Å²) in [5.74, 6) is 2.68. The molecule has 0 saturated heterocycles. The predicted molar refractivity (Wildman–Crippen MR) is 91.2 cm³/mol. The fourth-order valence-electron chi connectivity index (χ4n) is 1.88. The van der Waals surface area contributed by atoms with Crippen molar-refractivity contribution < 1.29 is 0 Å². The van der Waals surface area contributed by atoms with Crippen molar-refractivity contribution in [3.05, 3.63) is 23.2 Å². The molecule has 0 amide bonds. The van der Waals surface area contributed by atoms with Gasteiger partial charge in [-0.25, -0.2) is 9.97 Å². The van der Waals surface area contributed by atoms with Gasteiger partial charge in [0, 0.05) is 18.1 Å². The fraction of sp³-hybridized carbons (Fsp3) is 0.500. The van der Waals surface area contributed by atoms with Crippen LogP contribution in [0.5, 0.6) is 0 Å². The monoisotopic (exact) mass is 306 g/mol. The summed E-state index contributed by atoms with van der Waals surface area (Å²) in [5, 5.41) is 7.42. The van der Waals surface area contributed by atoms with Gasteiger partial charge in [0.2, 0.25) is 0 Å². The Balaban J connectivity index is 2.36. The lowest BCUT2D eigenvalue weighted by Crippen LogP contribution is -2.15. The van der Waals surface area contributed by atoms with Gasteiger partial charge in [0.25, 0.3) is 0 Å². The molecule has 1 aromatic heterocycles. The van der Waals surface area contributed by atoms with Gasteiger partial charge in [-0.3, -0.25) is 0 Å². The molecular weight excluding hydrogens is 284 g/mol. The van der Waals surface area contributed by atoms with Crippen molar-refractivity contribution in [2.75, 3.05) is 23.7 Å². The molecule has 0 atom stereocenters. The summed E-state index contributed by atoms with van der Waals surface area (Å²) in [6, 6.07) is 5.58. The van der Waals surface area contributed by atoms with Crippen LogP contribution in [0.25, 0.3) is 11.0 Å². The molecule has 2 rings (SSSR count). The van der Waals surface area contributed by atoms with Crippen molar-refractivity contribution in [1.29, 1.82) is 0 Å². The number of benzene rings is 1. The molecule has 0 aliphatic rings. The van der Waals surface area contributed by atoms with Gasteiger partial charge in [-0.1, -0.05) is 39.3 Å². The molecule has 2 aromatic rings. The first-order valence-corrected chi connectivity index (χ1v) is 7.78. The van der Waals surface area contributed by atoms with Crippen LogP contribution in [0.1, 0.15) is 27.7 Å². The van der Waals surface area contributed by atoms with Gasteiger partial charge in [-0.15, -0.1) is 0 Å². The van der Waals surface area contributed by atoms with Crippen LogP contribution in [0.3, 0.4) is 0 Å². The van der Waals surface area contributed by atoms with Crippen LogP contribution in [-0.2, 0) is 0 Å². The van der Waals surface area contributed by atoms with Crippen LogP contribution < -0.4 is 10.6 Å². The first kappa shape index (κ1) is 15.8. The van der Waals surface area contributed by atoms with E-state index in [2.05, 4.69) is 48.3 Å². The zero-order valence-electron chi connectivity index (χ0n) is 13.1. The van der Waals surface area contributed by atoms with Crippen molar-refractivity contribution in [2.24, 2.45) is 11.8 Å². The molecule has 0 bridgehead atoms. The third kappa shape index (κ3) is 4.46. The Morgan fingerprint density at radius 1 is 0.905 bits per heavy atom. The number of rotatable bonds is 6. The molecular formula is C16H23ClN4. The van der Waals surface area contributed by atoms with Gasteiger partial charge in [0.15, 0.2) is 11.6 Å². The molecule has 114 valence electrons. The Hall–Kier alpha value is -1.55. The second-order valence-corrected chi connectivity index (χ2v) is 6.54. The van der Waals surface area contributed by atoms with E-state index in [0.29, 0.717) is 16.9 Å². The Labute approximate surface area is 131 Å². The van der Waals surface area contributed by atoms with Crippen molar-refractivity contribution in [1.82, 2.24) is 9.97 Å². The summed E-state index contributed by atoms with van der Waals surface area (Å²) in [4.78, 5) is 9.34. The predicted octanol–water partition coefficient (Wildman–Crippen LogP) is 4.42. The first-order valence-electron chi connectivity index (χ1n) is 7.40. The molecule has 0 radical (unpaired) electrons. The van der Waals surface area contributed by atoms with E-state index in [1.807, 2.05) is 18.2 Å². The third-order valence-electron chi connectivity index (χ3n) is 2.98. The average Bonchev–Trinajstić information content (AvgIpc) is 2.42. The molecule has 1 heterocycles. The minimum absolute atomic E-state index is 0.541. The summed E-state index contributed by atoms with van der Waals surface area (Å²) >= 11 is 6.04. The molecule has 0 spiro atoms. The number of hydrogen-bond donors (Lipinski definition) is 2. The minimum atomic E-state index is 0.541. The SMILES string of the molecule is CC(C)CNc1nc2ccc(Cl)cc2nc1NCC(C)C. The molecule has 21 heavy (non-hydrogen) atoms. The van der Waals surface area contributed by atoms with Gasteiger partial charge < -0.3 is 10.6 Å². The fourth-order valence-corrected chi connectivity index (χ4v) is 2.04. The molecule has 5 heteroatoms. The van der Waals surface area contributed by atoms with Gasteiger partial charge >= 0.3 is 0 Å². The molecule has 0 unspecified atom stereocenters. The normalized spacial score (nSPS) is 11.4. The number of nitrogens with one attached hydrogen (secondary N) is 2. The highest BCUT2D eigenvalue weighted by Crippen LogP contribution is 2.24. The molecule has 2 N–H and O–H groups in total. The zero-order chi connectivity index (χ0) is 15.4. The quantitative estimate of drug-likeness (QED) is 0.829. The third-order valence-corrected chi connectivity index (χ3v) is 3.22. The van der Waals surface area contributed by atoms with Crippen molar-refractivity contribution in [3.8, 4) is 0 Å². The first-order chi connectivity index (χ1) is 9.95. The van der Waals surface area contributed by atoms with E-state index in [4.69, 9.17) is 11.6 Å². The van der Waals surface area contributed by atoms with Gasteiger partial charge in [0.05, 0.1) is 11.0 Å². The van der Waals surface area contributed by atoms with E-state index in [-0.39, 0.29) is 0 Å². The highest BCUT2D eigenvalue weighted by molar-refractivity contribution is 6.31. The van der Waals surface area contributed by atoms with Crippen LogP contribution in [0.15, 0.2) is 18.2 Å². The van der Waals surface area contributed by atoms with E-state index >= 15 is 0 Å². The van der Waals surface area contributed by atoms with Crippen LogP contribution in [0.2, 0.25) is 5.02 Å². The van der Waals surface area contributed by atoms with Gasteiger partial charge in [0.1, 0.15) is 0 Å². The summed E-state index contributed by atoms with van der Waals surface area (Å²) in [5.41, 5.74) is 1.66. The second kappa shape index (κ2) is 6.94. The Morgan fingerprint density at radius 3 is 1.95 bits per heavy atom. The van der Waals surface area contributed by atoms with E-state index in [9.17, 15) is 0 Å². The van der Waals surface area contributed by atoms with Crippen LogP contribution in [0.4, 0.5) is 11.6 Å². The standard InChI is InChI=1S/C16H23ClN4/c1-10(2)8-18-15-16(19-9-11(3)4)21-14-7-12(17)5-6-13(14)20-15/h5-7,10-11H,8-9H2,1-4H3,(H,18,20)(H,19,21). The lowest BCUT2D eigenvalue weighted by atomic mass is 10.2. The Kier molecular flexibility index (Phi) is 5.23. The molecule has 0 aliphatic heterocycles. The molecule has 0 saturated carbocycles. The summed E-state index contributed by atoms with van der Waals surface area (Å²) < 4.78 is 0. The van der Waals surface area contributed by atoms with E-state index < -0.39 is 0 Å². The lowest BCUT2D eigenvalue weighted by Gasteiger charge is -2.15. The summed E-state index contributed by atoms with van der Waals surface area (Å²) in [6.45, 7) is 10.4. The number of halogens is 1. The highest BCUT2D eigenvalue weighted by Gasteiger charge is 2.10.